The van der Waals surface area contributed by atoms with E-state index in [0.29, 0.717) is 6.04 Å². The fourth-order valence-corrected chi connectivity index (χ4v) is 3.90. The predicted octanol–water partition coefficient (Wildman–Crippen LogP) is 4.51. The Morgan fingerprint density at radius 3 is 2.25 bits per heavy atom. The van der Waals surface area contributed by atoms with Crippen LogP contribution >= 0.6 is 0 Å². The van der Waals surface area contributed by atoms with Gasteiger partial charge in [0.15, 0.2) is 0 Å². The number of nitrogens with one attached hydrogen (secondary N) is 1. The van der Waals surface area contributed by atoms with Gasteiger partial charge in [0.1, 0.15) is 0 Å². The average Bonchev–Trinajstić information content (AvgIpc) is 2.38. The highest BCUT2D eigenvalue weighted by Gasteiger charge is 2.29. The van der Waals surface area contributed by atoms with E-state index in [2.05, 4.69) is 58.3 Å². The van der Waals surface area contributed by atoms with Crippen molar-refractivity contribution in [2.45, 2.75) is 59.4 Å². The fraction of sp³-hybridized carbons (Fsp3) is 0.684. The molecule has 1 saturated carbocycles. The van der Waals surface area contributed by atoms with E-state index < -0.39 is 0 Å². The van der Waals surface area contributed by atoms with Gasteiger partial charge in [0.25, 0.3) is 0 Å². The molecule has 1 nitrogen and oxygen atoms in total. The van der Waals surface area contributed by atoms with Crippen LogP contribution in [-0.4, -0.2) is 13.1 Å². The molecule has 0 bridgehead atoms. The van der Waals surface area contributed by atoms with Crippen LogP contribution in [0, 0.1) is 31.6 Å². The molecule has 0 amide bonds. The van der Waals surface area contributed by atoms with E-state index in [1.54, 1.807) is 0 Å². The van der Waals surface area contributed by atoms with E-state index in [9.17, 15) is 0 Å². The van der Waals surface area contributed by atoms with Gasteiger partial charge in [0, 0.05) is 6.04 Å². The summed E-state index contributed by atoms with van der Waals surface area (Å²) in [5, 5.41) is 3.59. The van der Waals surface area contributed by atoms with Crippen LogP contribution in [0.2, 0.25) is 0 Å². The predicted molar refractivity (Wildman–Crippen MR) is 88.1 cm³/mol. The lowest BCUT2D eigenvalue weighted by Gasteiger charge is -2.36. The molecule has 2 rings (SSSR count). The first-order chi connectivity index (χ1) is 9.49. The summed E-state index contributed by atoms with van der Waals surface area (Å²) in [6.45, 7) is 9.25. The Bertz CT molecular complexity index is 417. The lowest BCUT2D eigenvalue weighted by molar-refractivity contribution is 0.173. The molecule has 1 N–H and O–H groups in total. The van der Waals surface area contributed by atoms with Crippen LogP contribution in [0.4, 0.5) is 0 Å². The second-order valence-corrected chi connectivity index (χ2v) is 7.12. The standard InChI is InChI=1S/C19H31N/c1-13-8-14(2)10-17(9-13)12-19(20-5)18-7-6-15(3)16(4)11-18/h8-10,15-16,18-20H,6-7,11-12H2,1-5H3. The first-order valence-electron chi connectivity index (χ1n) is 8.24. The summed E-state index contributed by atoms with van der Waals surface area (Å²) in [5.41, 5.74) is 4.27. The van der Waals surface area contributed by atoms with E-state index in [4.69, 9.17) is 0 Å². The van der Waals surface area contributed by atoms with Crippen LogP contribution in [0.3, 0.4) is 0 Å². The highest BCUT2D eigenvalue weighted by molar-refractivity contribution is 5.29. The van der Waals surface area contributed by atoms with Gasteiger partial charge < -0.3 is 5.32 Å². The number of benzene rings is 1. The van der Waals surface area contributed by atoms with Gasteiger partial charge in [-0.25, -0.2) is 0 Å². The van der Waals surface area contributed by atoms with Crippen LogP contribution in [-0.2, 0) is 6.42 Å². The van der Waals surface area contributed by atoms with E-state index in [1.807, 2.05) is 0 Å². The van der Waals surface area contributed by atoms with E-state index in [1.165, 1.54) is 42.4 Å². The van der Waals surface area contributed by atoms with Crippen molar-refractivity contribution in [2.75, 3.05) is 7.05 Å². The monoisotopic (exact) mass is 273 g/mol. The SMILES string of the molecule is CNC(Cc1cc(C)cc(C)c1)C1CCC(C)C(C)C1. The molecule has 4 unspecified atom stereocenters. The van der Waals surface area contributed by atoms with Gasteiger partial charge in [-0.2, -0.15) is 0 Å². The van der Waals surface area contributed by atoms with Gasteiger partial charge in [-0.15, -0.1) is 0 Å². The molecule has 0 saturated heterocycles. The molecular weight excluding hydrogens is 242 g/mol. The molecule has 1 aliphatic rings. The van der Waals surface area contributed by atoms with E-state index >= 15 is 0 Å². The summed E-state index contributed by atoms with van der Waals surface area (Å²) in [7, 11) is 2.13. The summed E-state index contributed by atoms with van der Waals surface area (Å²) >= 11 is 0. The minimum Gasteiger partial charge on any atom is -0.316 e. The lowest BCUT2D eigenvalue weighted by Crippen LogP contribution is -2.39. The minimum atomic E-state index is 0.631. The molecule has 1 aromatic carbocycles. The van der Waals surface area contributed by atoms with Crippen LogP contribution in [0.1, 0.15) is 49.8 Å². The van der Waals surface area contributed by atoms with Crippen molar-refractivity contribution in [1.29, 1.82) is 0 Å². The van der Waals surface area contributed by atoms with Crippen LogP contribution in [0.15, 0.2) is 18.2 Å². The van der Waals surface area contributed by atoms with E-state index in [-0.39, 0.29) is 0 Å². The summed E-state index contributed by atoms with van der Waals surface area (Å²) in [5.74, 6) is 2.63. The van der Waals surface area contributed by atoms with Crippen molar-refractivity contribution < 1.29 is 0 Å². The highest BCUT2D eigenvalue weighted by Crippen LogP contribution is 2.35. The maximum absolute atomic E-state index is 3.59. The molecule has 1 heteroatoms. The first kappa shape index (κ1) is 15.6. The van der Waals surface area contributed by atoms with Crippen molar-refractivity contribution in [3.8, 4) is 0 Å². The lowest BCUT2D eigenvalue weighted by atomic mass is 9.72. The Hall–Kier alpha value is -0.820. The molecule has 0 aliphatic heterocycles. The molecule has 0 spiro atoms. The molecule has 20 heavy (non-hydrogen) atoms. The Balaban J connectivity index is 2.05. The number of rotatable bonds is 4. The molecule has 0 radical (unpaired) electrons. The smallest absolute Gasteiger partial charge is 0.0133 e. The molecule has 0 heterocycles. The molecular formula is C19H31N. The summed E-state index contributed by atoms with van der Waals surface area (Å²) in [6, 6.07) is 7.60. The second kappa shape index (κ2) is 6.76. The largest absolute Gasteiger partial charge is 0.316 e. The minimum absolute atomic E-state index is 0.631. The molecule has 0 aromatic heterocycles. The Morgan fingerprint density at radius 1 is 1.05 bits per heavy atom. The highest BCUT2D eigenvalue weighted by atomic mass is 14.9. The quantitative estimate of drug-likeness (QED) is 0.851. The Morgan fingerprint density at radius 2 is 1.70 bits per heavy atom. The third kappa shape index (κ3) is 3.85. The van der Waals surface area contributed by atoms with Gasteiger partial charge >= 0.3 is 0 Å². The third-order valence-electron chi connectivity index (χ3n) is 5.32. The Labute approximate surface area is 125 Å². The number of likely N-dealkylation sites (N-methyl/N-ethyl adjacent to an activating group) is 1. The van der Waals surface area contributed by atoms with Gasteiger partial charge in [-0.3, -0.25) is 0 Å². The van der Waals surface area contributed by atoms with Gasteiger partial charge in [0.05, 0.1) is 0 Å². The van der Waals surface area contributed by atoms with Crippen LogP contribution in [0.25, 0.3) is 0 Å². The zero-order valence-electron chi connectivity index (χ0n) is 13.9. The molecule has 112 valence electrons. The third-order valence-corrected chi connectivity index (χ3v) is 5.32. The first-order valence-corrected chi connectivity index (χ1v) is 8.24. The molecule has 1 aliphatic carbocycles. The molecule has 1 fully saturated rings. The number of hydrogen-bond acceptors (Lipinski definition) is 1. The van der Waals surface area contributed by atoms with Crippen LogP contribution in [0.5, 0.6) is 0 Å². The summed E-state index contributed by atoms with van der Waals surface area (Å²) in [4.78, 5) is 0. The number of aryl methyl sites for hydroxylation is 2. The molecule has 4 atom stereocenters. The average molecular weight is 273 g/mol. The summed E-state index contributed by atoms with van der Waals surface area (Å²) < 4.78 is 0. The Kier molecular flexibility index (Phi) is 5.26. The van der Waals surface area contributed by atoms with E-state index in [0.717, 1.165) is 17.8 Å². The van der Waals surface area contributed by atoms with Crippen molar-refractivity contribution >= 4 is 0 Å². The zero-order valence-corrected chi connectivity index (χ0v) is 13.9. The zero-order chi connectivity index (χ0) is 14.7. The van der Waals surface area contributed by atoms with Crippen molar-refractivity contribution in [1.82, 2.24) is 5.32 Å². The molecule has 1 aromatic rings. The summed E-state index contributed by atoms with van der Waals surface area (Å²) in [6.07, 6.45) is 5.35. The maximum Gasteiger partial charge on any atom is 0.0133 e. The van der Waals surface area contributed by atoms with Gasteiger partial charge in [-0.1, -0.05) is 49.6 Å². The van der Waals surface area contributed by atoms with Crippen molar-refractivity contribution in [2.24, 2.45) is 17.8 Å². The maximum atomic E-state index is 3.59. The normalized spacial score (nSPS) is 28.4. The van der Waals surface area contributed by atoms with Gasteiger partial charge in [-0.05, 0) is 63.5 Å². The number of hydrogen-bond donors (Lipinski definition) is 1. The van der Waals surface area contributed by atoms with Crippen LogP contribution < -0.4 is 5.32 Å². The fourth-order valence-electron chi connectivity index (χ4n) is 3.90. The second-order valence-electron chi connectivity index (χ2n) is 7.12. The van der Waals surface area contributed by atoms with Crippen molar-refractivity contribution in [3.05, 3.63) is 34.9 Å². The van der Waals surface area contributed by atoms with Gasteiger partial charge in [0.2, 0.25) is 0 Å². The van der Waals surface area contributed by atoms with Crippen molar-refractivity contribution in [3.63, 3.8) is 0 Å². The topological polar surface area (TPSA) is 12.0 Å².